The summed E-state index contributed by atoms with van der Waals surface area (Å²) < 4.78 is 16.8. The van der Waals surface area contributed by atoms with E-state index in [1.807, 2.05) is 73.6 Å². The Morgan fingerprint density at radius 3 is 2.52 bits per heavy atom. The first kappa shape index (κ1) is 20.3. The SMILES string of the molecule is COc1cccc(CNc2ccnc(OCCOc3cccc(N(C)C)c3)c2)c1. The van der Waals surface area contributed by atoms with Crippen LogP contribution in [0.5, 0.6) is 17.4 Å². The van der Waals surface area contributed by atoms with E-state index >= 15 is 0 Å². The van der Waals surface area contributed by atoms with Crippen molar-refractivity contribution in [1.29, 1.82) is 0 Å². The lowest BCUT2D eigenvalue weighted by Crippen LogP contribution is -2.11. The van der Waals surface area contributed by atoms with Gasteiger partial charge in [-0.15, -0.1) is 0 Å². The van der Waals surface area contributed by atoms with Crippen LogP contribution in [0.3, 0.4) is 0 Å². The van der Waals surface area contributed by atoms with E-state index in [1.165, 1.54) is 0 Å². The van der Waals surface area contributed by atoms with Gasteiger partial charge in [-0.1, -0.05) is 18.2 Å². The molecule has 0 amide bonds. The molecule has 2 aromatic carbocycles. The fourth-order valence-corrected chi connectivity index (χ4v) is 2.74. The number of benzene rings is 2. The number of aromatic nitrogens is 1. The van der Waals surface area contributed by atoms with Gasteiger partial charge in [-0.3, -0.25) is 0 Å². The molecule has 3 aromatic rings. The molecule has 6 heteroatoms. The molecule has 29 heavy (non-hydrogen) atoms. The molecule has 1 aromatic heterocycles. The highest BCUT2D eigenvalue weighted by Crippen LogP contribution is 2.20. The number of hydrogen-bond acceptors (Lipinski definition) is 6. The number of ether oxygens (including phenoxy) is 3. The topological polar surface area (TPSA) is 55.9 Å². The average Bonchev–Trinajstić information content (AvgIpc) is 2.76. The highest BCUT2D eigenvalue weighted by atomic mass is 16.5. The van der Waals surface area contributed by atoms with Crippen molar-refractivity contribution in [2.24, 2.45) is 0 Å². The lowest BCUT2D eigenvalue weighted by molar-refractivity contribution is 0.212. The second kappa shape index (κ2) is 10.2. The molecule has 0 bridgehead atoms. The molecule has 0 saturated carbocycles. The van der Waals surface area contributed by atoms with Gasteiger partial charge in [0.25, 0.3) is 0 Å². The quantitative estimate of drug-likeness (QED) is 0.521. The predicted molar refractivity (Wildman–Crippen MR) is 116 cm³/mol. The second-order valence-corrected chi connectivity index (χ2v) is 6.68. The van der Waals surface area contributed by atoms with E-state index in [-0.39, 0.29) is 0 Å². The minimum absolute atomic E-state index is 0.415. The molecule has 0 atom stereocenters. The summed E-state index contributed by atoms with van der Waals surface area (Å²) in [6.07, 6.45) is 1.73. The van der Waals surface area contributed by atoms with Crippen LogP contribution in [0.4, 0.5) is 11.4 Å². The standard InChI is InChI=1S/C23H27N3O3/c1-26(2)20-7-5-9-22(16-20)28-12-13-29-23-15-19(10-11-24-23)25-17-18-6-4-8-21(14-18)27-3/h4-11,14-16H,12-13,17H2,1-3H3,(H,24,25). The smallest absolute Gasteiger partial charge is 0.215 e. The largest absolute Gasteiger partial charge is 0.497 e. The Hall–Kier alpha value is -3.41. The van der Waals surface area contributed by atoms with E-state index < -0.39 is 0 Å². The van der Waals surface area contributed by atoms with Crippen LogP contribution in [-0.2, 0) is 6.54 Å². The van der Waals surface area contributed by atoms with Crippen molar-refractivity contribution in [1.82, 2.24) is 4.98 Å². The molecule has 0 aliphatic carbocycles. The molecule has 0 radical (unpaired) electrons. The zero-order chi connectivity index (χ0) is 20.5. The van der Waals surface area contributed by atoms with Crippen LogP contribution in [0.25, 0.3) is 0 Å². The summed E-state index contributed by atoms with van der Waals surface area (Å²) in [5.41, 5.74) is 3.18. The highest BCUT2D eigenvalue weighted by molar-refractivity contribution is 5.49. The Kier molecular flexibility index (Phi) is 7.16. The molecule has 152 valence electrons. The minimum atomic E-state index is 0.415. The Bertz CT molecular complexity index is 915. The Balaban J connectivity index is 1.46. The van der Waals surface area contributed by atoms with Gasteiger partial charge in [0, 0.05) is 50.3 Å². The highest BCUT2D eigenvalue weighted by Gasteiger charge is 2.02. The van der Waals surface area contributed by atoms with Crippen molar-refractivity contribution in [2.45, 2.75) is 6.54 Å². The van der Waals surface area contributed by atoms with Gasteiger partial charge in [0.05, 0.1) is 7.11 Å². The number of nitrogens with zero attached hydrogens (tertiary/aromatic N) is 2. The van der Waals surface area contributed by atoms with Crippen LogP contribution >= 0.6 is 0 Å². The molecule has 0 unspecified atom stereocenters. The van der Waals surface area contributed by atoms with Gasteiger partial charge >= 0.3 is 0 Å². The van der Waals surface area contributed by atoms with Gasteiger partial charge in [-0.05, 0) is 35.9 Å². The zero-order valence-corrected chi connectivity index (χ0v) is 17.1. The second-order valence-electron chi connectivity index (χ2n) is 6.68. The van der Waals surface area contributed by atoms with Gasteiger partial charge in [-0.25, -0.2) is 4.98 Å². The van der Waals surface area contributed by atoms with Gasteiger partial charge in [0.1, 0.15) is 24.7 Å². The molecule has 1 N–H and O–H groups in total. The summed E-state index contributed by atoms with van der Waals surface area (Å²) in [5.74, 6) is 2.23. The first-order chi connectivity index (χ1) is 14.1. The van der Waals surface area contributed by atoms with Crippen molar-refractivity contribution >= 4 is 11.4 Å². The third kappa shape index (κ3) is 6.31. The van der Waals surface area contributed by atoms with Crippen molar-refractivity contribution in [3.05, 3.63) is 72.4 Å². The van der Waals surface area contributed by atoms with Crippen LogP contribution < -0.4 is 24.4 Å². The molecular formula is C23H27N3O3. The van der Waals surface area contributed by atoms with Gasteiger partial charge in [0.2, 0.25) is 5.88 Å². The molecule has 3 rings (SSSR count). The van der Waals surface area contributed by atoms with Crippen LogP contribution in [-0.4, -0.2) is 39.4 Å². The van der Waals surface area contributed by atoms with Crippen LogP contribution in [0, 0.1) is 0 Å². The van der Waals surface area contributed by atoms with Crippen LogP contribution in [0.15, 0.2) is 66.9 Å². The molecule has 6 nitrogen and oxygen atoms in total. The molecule has 0 aliphatic rings. The maximum atomic E-state index is 5.77. The molecule has 0 spiro atoms. The first-order valence-corrected chi connectivity index (χ1v) is 9.50. The van der Waals surface area contributed by atoms with Crippen molar-refractivity contribution in [2.75, 3.05) is 44.6 Å². The molecular weight excluding hydrogens is 366 g/mol. The Morgan fingerprint density at radius 2 is 1.69 bits per heavy atom. The Morgan fingerprint density at radius 1 is 0.897 bits per heavy atom. The number of pyridine rings is 1. The molecule has 1 heterocycles. The minimum Gasteiger partial charge on any atom is -0.497 e. The van der Waals surface area contributed by atoms with Gasteiger partial charge in [-0.2, -0.15) is 0 Å². The van der Waals surface area contributed by atoms with E-state index in [2.05, 4.69) is 16.4 Å². The summed E-state index contributed by atoms with van der Waals surface area (Å²) in [4.78, 5) is 6.30. The summed E-state index contributed by atoms with van der Waals surface area (Å²) in [6.45, 7) is 1.55. The van der Waals surface area contributed by atoms with Crippen molar-refractivity contribution in [3.8, 4) is 17.4 Å². The summed E-state index contributed by atoms with van der Waals surface area (Å²) in [7, 11) is 5.67. The molecule has 0 saturated heterocycles. The monoisotopic (exact) mass is 393 g/mol. The number of methoxy groups -OCH3 is 1. The summed E-state index contributed by atoms with van der Waals surface area (Å²) in [5, 5.41) is 3.37. The molecule has 0 aliphatic heterocycles. The fourth-order valence-electron chi connectivity index (χ4n) is 2.74. The number of anilines is 2. The van der Waals surface area contributed by atoms with Crippen molar-refractivity contribution in [3.63, 3.8) is 0 Å². The fraction of sp³-hybridized carbons (Fsp3) is 0.261. The van der Waals surface area contributed by atoms with E-state index in [9.17, 15) is 0 Å². The maximum Gasteiger partial charge on any atom is 0.215 e. The predicted octanol–water partition coefficient (Wildman–Crippen LogP) is 4.23. The first-order valence-electron chi connectivity index (χ1n) is 9.50. The summed E-state index contributed by atoms with van der Waals surface area (Å²) >= 11 is 0. The van der Waals surface area contributed by atoms with Crippen LogP contribution in [0.1, 0.15) is 5.56 Å². The lowest BCUT2D eigenvalue weighted by atomic mass is 10.2. The normalized spacial score (nSPS) is 10.3. The molecule has 0 fully saturated rings. The third-order valence-corrected chi connectivity index (χ3v) is 4.30. The summed E-state index contributed by atoms with van der Waals surface area (Å²) in [6, 6.07) is 19.7. The number of hydrogen-bond donors (Lipinski definition) is 1. The van der Waals surface area contributed by atoms with E-state index in [0.29, 0.717) is 25.6 Å². The zero-order valence-electron chi connectivity index (χ0n) is 17.1. The average molecular weight is 393 g/mol. The van der Waals surface area contributed by atoms with Gasteiger partial charge < -0.3 is 24.4 Å². The lowest BCUT2D eigenvalue weighted by Gasteiger charge is -2.14. The van der Waals surface area contributed by atoms with Crippen molar-refractivity contribution < 1.29 is 14.2 Å². The van der Waals surface area contributed by atoms with Crippen LogP contribution in [0.2, 0.25) is 0 Å². The van der Waals surface area contributed by atoms with E-state index in [1.54, 1.807) is 13.3 Å². The maximum absolute atomic E-state index is 5.77. The number of nitrogens with one attached hydrogen (secondary N) is 1. The third-order valence-electron chi connectivity index (χ3n) is 4.30. The van der Waals surface area contributed by atoms with E-state index in [0.717, 1.165) is 28.4 Å². The Labute approximate surface area is 172 Å². The number of rotatable bonds is 10. The van der Waals surface area contributed by atoms with E-state index in [4.69, 9.17) is 14.2 Å². The van der Waals surface area contributed by atoms with Gasteiger partial charge in [0.15, 0.2) is 0 Å².